The molecule has 32 heavy (non-hydrogen) atoms. The van der Waals surface area contributed by atoms with E-state index in [9.17, 15) is 18.0 Å². The van der Waals surface area contributed by atoms with E-state index in [2.05, 4.69) is 15.1 Å². The summed E-state index contributed by atoms with van der Waals surface area (Å²) in [6.07, 6.45) is -0.904. The first-order chi connectivity index (χ1) is 15.4. The van der Waals surface area contributed by atoms with Crippen LogP contribution >= 0.6 is 0 Å². The van der Waals surface area contributed by atoms with Crippen molar-refractivity contribution in [2.75, 3.05) is 37.7 Å². The Balaban J connectivity index is 1.18. The van der Waals surface area contributed by atoms with Gasteiger partial charge in [0.2, 0.25) is 5.88 Å². The second-order valence-corrected chi connectivity index (χ2v) is 8.99. The minimum atomic E-state index is -4.55. The van der Waals surface area contributed by atoms with Crippen molar-refractivity contribution in [3.05, 3.63) is 47.5 Å². The Hall–Kier alpha value is -2.84. The van der Waals surface area contributed by atoms with Crippen molar-refractivity contribution in [2.24, 2.45) is 17.8 Å². The third-order valence-electron chi connectivity index (χ3n) is 6.66. The molecule has 1 aromatic heterocycles. The number of alkyl halides is 3. The fourth-order valence-electron chi connectivity index (χ4n) is 4.73. The van der Waals surface area contributed by atoms with Gasteiger partial charge in [0.05, 0.1) is 17.7 Å². The second kappa shape index (κ2) is 8.26. The SMILES string of the molecule is O=C(c1ccccc1C(F)(F)F)N1CC2CN(c3ccc(OCCC4CC4)nn3)CC2C1. The van der Waals surface area contributed by atoms with Crippen molar-refractivity contribution >= 4 is 11.7 Å². The second-order valence-electron chi connectivity index (χ2n) is 8.99. The molecule has 2 aromatic rings. The number of nitrogens with zero attached hydrogens (tertiary/aromatic N) is 4. The van der Waals surface area contributed by atoms with E-state index in [-0.39, 0.29) is 17.4 Å². The van der Waals surface area contributed by atoms with Gasteiger partial charge in [-0.2, -0.15) is 13.2 Å². The lowest BCUT2D eigenvalue weighted by atomic mass is 10.0. The zero-order valence-corrected chi connectivity index (χ0v) is 17.6. The molecule has 9 heteroatoms. The van der Waals surface area contributed by atoms with E-state index < -0.39 is 17.6 Å². The Labute approximate surface area is 184 Å². The van der Waals surface area contributed by atoms with Crippen LogP contribution in [-0.4, -0.2) is 53.8 Å². The molecule has 1 amide bonds. The number of hydrogen-bond acceptors (Lipinski definition) is 5. The highest BCUT2D eigenvalue weighted by Gasteiger charge is 2.44. The molecule has 1 aromatic carbocycles. The zero-order chi connectivity index (χ0) is 22.3. The molecule has 2 aliphatic heterocycles. The molecule has 3 fully saturated rings. The fraction of sp³-hybridized carbons (Fsp3) is 0.522. The smallest absolute Gasteiger partial charge is 0.417 e. The van der Waals surface area contributed by atoms with E-state index in [0.29, 0.717) is 38.7 Å². The Bertz CT molecular complexity index is 964. The Kier molecular flexibility index (Phi) is 5.43. The number of ether oxygens (including phenoxy) is 1. The summed E-state index contributed by atoms with van der Waals surface area (Å²) in [5.74, 6) is 1.94. The third-order valence-corrected chi connectivity index (χ3v) is 6.66. The number of fused-ring (bicyclic) bond motifs is 1. The van der Waals surface area contributed by atoms with Crippen LogP contribution in [-0.2, 0) is 6.18 Å². The lowest BCUT2D eigenvalue weighted by molar-refractivity contribution is -0.138. The standard InChI is InChI=1S/C23H25F3N4O2/c24-23(25,26)19-4-2-1-3-18(19)22(31)30-13-16-11-29(12-17(16)14-30)20-7-8-21(28-27-20)32-10-9-15-5-6-15/h1-4,7-8,15-17H,5-6,9-14H2. The lowest BCUT2D eigenvalue weighted by Crippen LogP contribution is -2.34. The van der Waals surface area contributed by atoms with Gasteiger partial charge in [-0.25, -0.2) is 0 Å². The minimum absolute atomic E-state index is 0.202. The summed E-state index contributed by atoms with van der Waals surface area (Å²) in [6.45, 7) is 2.95. The van der Waals surface area contributed by atoms with Crippen LogP contribution in [0.25, 0.3) is 0 Å². The number of halogens is 3. The third kappa shape index (κ3) is 4.38. The first kappa shape index (κ1) is 21.0. The molecule has 2 atom stereocenters. The van der Waals surface area contributed by atoms with Crippen molar-refractivity contribution in [3.8, 4) is 5.88 Å². The maximum Gasteiger partial charge on any atom is 0.417 e. The van der Waals surface area contributed by atoms with E-state index in [4.69, 9.17) is 4.74 Å². The Morgan fingerprint density at radius 3 is 2.34 bits per heavy atom. The first-order valence-electron chi connectivity index (χ1n) is 11.1. The van der Waals surface area contributed by atoms with Crippen LogP contribution in [0.15, 0.2) is 36.4 Å². The number of anilines is 1. The average molecular weight is 446 g/mol. The molecule has 6 nitrogen and oxygen atoms in total. The van der Waals surface area contributed by atoms with Gasteiger partial charge in [0, 0.05) is 44.1 Å². The van der Waals surface area contributed by atoms with Crippen molar-refractivity contribution in [1.29, 1.82) is 0 Å². The van der Waals surface area contributed by atoms with E-state index in [1.807, 2.05) is 12.1 Å². The largest absolute Gasteiger partial charge is 0.477 e. The van der Waals surface area contributed by atoms with Gasteiger partial charge in [0.1, 0.15) is 0 Å². The molecule has 0 N–H and O–H groups in total. The van der Waals surface area contributed by atoms with Crippen molar-refractivity contribution in [1.82, 2.24) is 15.1 Å². The van der Waals surface area contributed by atoms with Gasteiger partial charge in [-0.15, -0.1) is 10.2 Å². The first-order valence-corrected chi connectivity index (χ1v) is 11.1. The Morgan fingerprint density at radius 1 is 1.00 bits per heavy atom. The molecule has 2 unspecified atom stereocenters. The van der Waals surface area contributed by atoms with Crippen LogP contribution in [0.1, 0.15) is 35.2 Å². The predicted octanol–water partition coefficient (Wildman–Crippen LogP) is 3.88. The van der Waals surface area contributed by atoms with Gasteiger partial charge in [0.15, 0.2) is 5.82 Å². The van der Waals surface area contributed by atoms with Gasteiger partial charge in [0.25, 0.3) is 5.91 Å². The topological polar surface area (TPSA) is 58.6 Å². The molecular weight excluding hydrogens is 421 g/mol. The highest BCUT2D eigenvalue weighted by atomic mass is 19.4. The summed E-state index contributed by atoms with van der Waals surface area (Å²) in [4.78, 5) is 16.5. The van der Waals surface area contributed by atoms with E-state index in [1.165, 1.54) is 31.0 Å². The number of benzene rings is 1. The summed E-state index contributed by atoms with van der Waals surface area (Å²) >= 11 is 0. The quantitative estimate of drug-likeness (QED) is 0.674. The highest BCUT2D eigenvalue weighted by molar-refractivity contribution is 5.96. The van der Waals surface area contributed by atoms with Gasteiger partial charge < -0.3 is 14.5 Å². The molecule has 1 aliphatic carbocycles. The summed E-state index contributed by atoms with van der Waals surface area (Å²) in [6, 6.07) is 8.72. The molecule has 0 bridgehead atoms. The maximum absolute atomic E-state index is 13.3. The van der Waals surface area contributed by atoms with Crippen LogP contribution in [0.5, 0.6) is 5.88 Å². The fourth-order valence-corrected chi connectivity index (χ4v) is 4.73. The summed E-state index contributed by atoms with van der Waals surface area (Å²) in [7, 11) is 0. The van der Waals surface area contributed by atoms with Crippen LogP contribution in [0.3, 0.4) is 0 Å². The van der Waals surface area contributed by atoms with E-state index in [0.717, 1.165) is 24.2 Å². The van der Waals surface area contributed by atoms with Crippen molar-refractivity contribution in [3.63, 3.8) is 0 Å². The lowest BCUT2D eigenvalue weighted by Gasteiger charge is -2.23. The number of likely N-dealkylation sites (tertiary alicyclic amines) is 1. The van der Waals surface area contributed by atoms with Crippen LogP contribution < -0.4 is 9.64 Å². The molecule has 1 saturated carbocycles. The monoisotopic (exact) mass is 446 g/mol. The number of carbonyl (C=O) groups is 1. The predicted molar refractivity (Wildman–Crippen MR) is 111 cm³/mol. The number of amides is 1. The van der Waals surface area contributed by atoms with Gasteiger partial charge >= 0.3 is 6.18 Å². The minimum Gasteiger partial charge on any atom is -0.477 e. The molecule has 0 spiro atoms. The highest BCUT2D eigenvalue weighted by Crippen LogP contribution is 2.37. The molecule has 3 heterocycles. The molecule has 0 radical (unpaired) electrons. The molecule has 170 valence electrons. The van der Waals surface area contributed by atoms with Crippen molar-refractivity contribution in [2.45, 2.75) is 25.4 Å². The average Bonchev–Trinajstić information content (AvgIpc) is 3.38. The van der Waals surface area contributed by atoms with Crippen LogP contribution in [0.4, 0.5) is 19.0 Å². The Morgan fingerprint density at radius 2 is 1.72 bits per heavy atom. The van der Waals surface area contributed by atoms with Crippen LogP contribution in [0.2, 0.25) is 0 Å². The van der Waals surface area contributed by atoms with Crippen LogP contribution in [0, 0.1) is 17.8 Å². The summed E-state index contributed by atoms with van der Waals surface area (Å²) < 4.78 is 45.6. The number of carbonyl (C=O) groups excluding carboxylic acids is 1. The van der Waals surface area contributed by atoms with E-state index >= 15 is 0 Å². The summed E-state index contributed by atoms with van der Waals surface area (Å²) in [5, 5.41) is 8.45. The summed E-state index contributed by atoms with van der Waals surface area (Å²) in [5.41, 5.74) is -1.15. The number of aromatic nitrogens is 2. The zero-order valence-electron chi connectivity index (χ0n) is 17.6. The maximum atomic E-state index is 13.3. The normalized spacial score (nSPS) is 22.8. The number of rotatable bonds is 6. The molecular formula is C23H25F3N4O2. The van der Waals surface area contributed by atoms with Gasteiger partial charge in [-0.05, 0) is 30.5 Å². The number of hydrogen-bond donors (Lipinski definition) is 0. The molecule has 5 rings (SSSR count). The van der Waals surface area contributed by atoms with Crippen molar-refractivity contribution < 1.29 is 22.7 Å². The van der Waals surface area contributed by atoms with Gasteiger partial charge in [-0.1, -0.05) is 25.0 Å². The molecule has 2 saturated heterocycles. The van der Waals surface area contributed by atoms with Gasteiger partial charge in [-0.3, -0.25) is 4.79 Å². The molecule has 3 aliphatic rings. The van der Waals surface area contributed by atoms with E-state index in [1.54, 1.807) is 4.90 Å².